The quantitative estimate of drug-likeness (QED) is 0.801. The third kappa shape index (κ3) is 3.00. The fraction of sp³-hybridized carbons (Fsp3) is 0.333. The topological polar surface area (TPSA) is 21.7 Å². The molecule has 2 aromatic rings. The Morgan fingerprint density at radius 1 is 1.25 bits per heavy atom. The predicted molar refractivity (Wildman–Crippen MR) is 84.4 cm³/mol. The summed E-state index contributed by atoms with van der Waals surface area (Å²) in [5.74, 6) is 1.66. The zero-order valence-corrected chi connectivity index (χ0v) is 13.7. The van der Waals surface area contributed by atoms with Crippen molar-refractivity contribution in [1.82, 2.24) is 4.90 Å². The standard InChI is InChI=1S/C15H16BrNO2S/c1-2-17(9-12-4-3-5-20-12)8-11-6-14-15(7-13(11)16)19-10-18-14/h3-7H,2,8-10H2,1H3. The monoisotopic (exact) mass is 353 g/mol. The molecule has 2 heterocycles. The highest BCUT2D eigenvalue weighted by atomic mass is 79.9. The zero-order chi connectivity index (χ0) is 13.9. The predicted octanol–water partition coefficient (Wildman–Crippen LogP) is 4.26. The first-order valence-corrected chi connectivity index (χ1v) is 8.26. The molecule has 0 amide bonds. The number of fused-ring (bicyclic) bond motifs is 1. The lowest BCUT2D eigenvalue weighted by molar-refractivity contribution is 0.174. The second-order valence-electron chi connectivity index (χ2n) is 4.68. The molecule has 0 atom stereocenters. The number of halogens is 1. The molecule has 3 nitrogen and oxygen atoms in total. The normalized spacial score (nSPS) is 13.2. The van der Waals surface area contributed by atoms with Gasteiger partial charge in [-0.1, -0.05) is 28.9 Å². The molecule has 0 fully saturated rings. The van der Waals surface area contributed by atoms with E-state index in [9.17, 15) is 0 Å². The molecule has 20 heavy (non-hydrogen) atoms. The maximum atomic E-state index is 5.46. The van der Waals surface area contributed by atoms with Crippen molar-refractivity contribution in [2.24, 2.45) is 0 Å². The van der Waals surface area contributed by atoms with Crippen molar-refractivity contribution in [3.63, 3.8) is 0 Å². The SMILES string of the molecule is CCN(Cc1cccs1)Cc1cc2c(cc1Br)OCO2. The number of ether oxygens (including phenoxy) is 2. The number of nitrogens with zero attached hydrogens (tertiary/aromatic N) is 1. The van der Waals surface area contributed by atoms with Gasteiger partial charge in [0.05, 0.1) is 0 Å². The Morgan fingerprint density at radius 3 is 2.75 bits per heavy atom. The summed E-state index contributed by atoms with van der Waals surface area (Å²) in [6.45, 7) is 5.39. The number of thiophene rings is 1. The number of hydrogen-bond acceptors (Lipinski definition) is 4. The van der Waals surface area contributed by atoms with E-state index in [0.29, 0.717) is 6.79 Å². The highest BCUT2D eigenvalue weighted by Gasteiger charge is 2.17. The van der Waals surface area contributed by atoms with Crippen molar-refractivity contribution < 1.29 is 9.47 Å². The summed E-state index contributed by atoms with van der Waals surface area (Å²) >= 11 is 5.43. The second kappa shape index (κ2) is 6.16. The molecule has 1 aromatic heterocycles. The molecular weight excluding hydrogens is 338 g/mol. The van der Waals surface area contributed by atoms with Crippen molar-refractivity contribution >= 4 is 27.3 Å². The molecule has 0 spiro atoms. The largest absolute Gasteiger partial charge is 0.454 e. The van der Waals surface area contributed by atoms with E-state index in [2.05, 4.69) is 51.3 Å². The minimum atomic E-state index is 0.317. The second-order valence-corrected chi connectivity index (χ2v) is 6.57. The van der Waals surface area contributed by atoms with Gasteiger partial charge in [0.2, 0.25) is 6.79 Å². The van der Waals surface area contributed by atoms with Crippen LogP contribution < -0.4 is 9.47 Å². The van der Waals surface area contributed by atoms with E-state index in [-0.39, 0.29) is 0 Å². The van der Waals surface area contributed by atoms with Crippen LogP contribution in [0.5, 0.6) is 11.5 Å². The molecule has 0 unspecified atom stereocenters. The molecule has 106 valence electrons. The highest BCUT2D eigenvalue weighted by Crippen LogP contribution is 2.37. The average Bonchev–Trinajstić information content (AvgIpc) is 3.09. The molecule has 0 saturated heterocycles. The van der Waals surface area contributed by atoms with Gasteiger partial charge in [-0.2, -0.15) is 0 Å². The van der Waals surface area contributed by atoms with Gasteiger partial charge in [-0.25, -0.2) is 0 Å². The molecule has 0 bridgehead atoms. The van der Waals surface area contributed by atoms with Crippen LogP contribution in [0.4, 0.5) is 0 Å². The summed E-state index contributed by atoms with van der Waals surface area (Å²) in [5.41, 5.74) is 1.23. The lowest BCUT2D eigenvalue weighted by Gasteiger charge is -2.20. The van der Waals surface area contributed by atoms with E-state index < -0.39 is 0 Å². The first-order chi connectivity index (χ1) is 9.76. The van der Waals surface area contributed by atoms with E-state index in [0.717, 1.165) is 35.6 Å². The summed E-state index contributed by atoms with van der Waals surface area (Å²) in [5, 5.41) is 2.12. The molecule has 3 rings (SSSR count). The van der Waals surface area contributed by atoms with Crippen LogP contribution in [0.3, 0.4) is 0 Å². The van der Waals surface area contributed by atoms with Crippen LogP contribution in [-0.4, -0.2) is 18.2 Å². The molecule has 1 aliphatic rings. The Balaban J connectivity index is 1.75. The van der Waals surface area contributed by atoms with Gasteiger partial charge < -0.3 is 9.47 Å². The molecule has 0 aliphatic carbocycles. The van der Waals surface area contributed by atoms with Crippen LogP contribution >= 0.6 is 27.3 Å². The maximum Gasteiger partial charge on any atom is 0.231 e. The van der Waals surface area contributed by atoms with Crippen LogP contribution in [0.1, 0.15) is 17.4 Å². The molecule has 0 saturated carbocycles. The van der Waals surface area contributed by atoms with E-state index in [1.54, 1.807) is 11.3 Å². The van der Waals surface area contributed by atoms with Crippen molar-refractivity contribution in [1.29, 1.82) is 0 Å². The fourth-order valence-corrected chi connectivity index (χ4v) is 3.42. The van der Waals surface area contributed by atoms with Gasteiger partial charge in [0.1, 0.15) is 0 Å². The van der Waals surface area contributed by atoms with Crippen LogP contribution in [0, 0.1) is 0 Å². The van der Waals surface area contributed by atoms with Gasteiger partial charge in [-0.3, -0.25) is 4.90 Å². The Kier molecular flexibility index (Phi) is 4.29. The van der Waals surface area contributed by atoms with E-state index in [1.165, 1.54) is 10.4 Å². The lowest BCUT2D eigenvalue weighted by Crippen LogP contribution is -2.22. The highest BCUT2D eigenvalue weighted by molar-refractivity contribution is 9.10. The molecule has 0 N–H and O–H groups in total. The Labute approximate surface area is 131 Å². The fourth-order valence-electron chi connectivity index (χ4n) is 2.22. The first kappa shape index (κ1) is 13.9. The summed E-state index contributed by atoms with van der Waals surface area (Å²) < 4.78 is 11.9. The van der Waals surface area contributed by atoms with Crippen molar-refractivity contribution in [2.75, 3.05) is 13.3 Å². The Bertz CT molecular complexity index is 586. The van der Waals surface area contributed by atoms with Gasteiger partial charge in [0.25, 0.3) is 0 Å². The van der Waals surface area contributed by atoms with Crippen molar-refractivity contribution in [3.8, 4) is 11.5 Å². The van der Waals surface area contributed by atoms with E-state index in [1.807, 2.05) is 6.07 Å². The smallest absolute Gasteiger partial charge is 0.231 e. The molecule has 1 aliphatic heterocycles. The van der Waals surface area contributed by atoms with Crippen LogP contribution in [0.25, 0.3) is 0 Å². The minimum Gasteiger partial charge on any atom is -0.454 e. The molecular formula is C15H16BrNO2S. The van der Waals surface area contributed by atoms with E-state index in [4.69, 9.17) is 9.47 Å². The van der Waals surface area contributed by atoms with Gasteiger partial charge in [0, 0.05) is 22.4 Å². The average molecular weight is 354 g/mol. The van der Waals surface area contributed by atoms with Gasteiger partial charge >= 0.3 is 0 Å². The lowest BCUT2D eigenvalue weighted by atomic mass is 10.2. The summed E-state index contributed by atoms with van der Waals surface area (Å²) in [4.78, 5) is 3.80. The van der Waals surface area contributed by atoms with Gasteiger partial charge in [-0.05, 0) is 35.7 Å². The molecule has 5 heteroatoms. The zero-order valence-electron chi connectivity index (χ0n) is 11.3. The molecule has 0 radical (unpaired) electrons. The Hall–Kier alpha value is -1.04. The van der Waals surface area contributed by atoms with Crippen molar-refractivity contribution in [2.45, 2.75) is 20.0 Å². The summed E-state index contributed by atoms with van der Waals surface area (Å²) in [6, 6.07) is 8.35. The van der Waals surface area contributed by atoms with Gasteiger partial charge in [-0.15, -0.1) is 11.3 Å². The van der Waals surface area contributed by atoms with Crippen LogP contribution in [-0.2, 0) is 13.1 Å². The molecule has 1 aromatic carbocycles. The van der Waals surface area contributed by atoms with Gasteiger partial charge in [0.15, 0.2) is 11.5 Å². The maximum absolute atomic E-state index is 5.46. The Morgan fingerprint density at radius 2 is 2.05 bits per heavy atom. The summed E-state index contributed by atoms with van der Waals surface area (Å²) in [7, 11) is 0. The number of rotatable bonds is 5. The number of benzene rings is 1. The van der Waals surface area contributed by atoms with E-state index >= 15 is 0 Å². The minimum absolute atomic E-state index is 0.317. The third-order valence-electron chi connectivity index (χ3n) is 3.34. The summed E-state index contributed by atoms with van der Waals surface area (Å²) in [6.07, 6.45) is 0. The third-order valence-corrected chi connectivity index (χ3v) is 4.94. The van der Waals surface area contributed by atoms with Crippen molar-refractivity contribution in [3.05, 3.63) is 44.6 Å². The first-order valence-electron chi connectivity index (χ1n) is 6.59. The van der Waals surface area contributed by atoms with Crippen LogP contribution in [0.2, 0.25) is 0 Å². The number of hydrogen-bond donors (Lipinski definition) is 0. The van der Waals surface area contributed by atoms with Crippen LogP contribution in [0.15, 0.2) is 34.1 Å².